The van der Waals surface area contributed by atoms with Gasteiger partial charge in [0.15, 0.2) is 0 Å². The van der Waals surface area contributed by atoms with Crippen LogP contribution >= 0.6 is 0 Å². The third-order valence-electron chi connectivity index (χ3n) is 3.73. The zero-order valence-corrected chi connectivity index (χ0v) is 12.7. The summed E-state index contributed by atoms with van der Waals surface area (Å²) in [5, 5.41) is 0. The molecular weight excluding hydrogens is 218 g/mol. The predicted octanol–water partition coefficient (Wildman–Crippen LogP) is 4.82. The Labute approximate surface area is 113 Å². The number of hydrogen-bond acceptors (Lipinski definition) is 1. The molecule has 0 amide bonds. The van der Waals surface area contributed by atoms with Crippen LogP contribution < -0.4 is 0 Å². The first-order valence-corrected chi connectivity index (χ1v) is 6.89. The molecule has 0 aliphatic carbocycles. The average Bonchev–Trinajstić information content (AvgIpc) is 2.28. The Morgan fingerprint density at radius 3 is 2.06 bits per heavy atom. The number of nitrogens with zero attached hydrogens (tertiary/aromatic N) is 1. The van der Waals surface area contributed by atoms with Gasteiger partial charge in [0.25, 0.3) is 0 Å². The van der Waals surface area contributed by atoms with Crippen molar-refractivity contribution in [3.8, 4) is 0 Å². The van der Waals surface area contributed by atoms with Gasteiger partial charge in [-0.25, -0.2) is 0 Å². The van der Waals surface area contributed by atoms with Crippen molar-refractivity contribution in [2.75, 3.05) is 0 Å². The van der Waals surface area contributed by atoms with E-state index in [0.29, 0.717) is 18.1 Å². The highest BCUT2D eigenvalue weighted by Gasteiger charge is 2.22. The van der Waals surface area contributed by atoms with Gasteiger partial charge in [-0.2, -0.15) is 0 Å². The molecule has 0 bridgehead atoms. The molecule has 0 spiro atoms. The van der Waals surface area contributed by atoms with Crippen molar-refractivity contribution >= 4 is 6.08 Å². The highest BCUT2D eigenvalue weighted by molar-refractivity contribution is 5.54. The van der Waals surface area contributed by atoms with Gasteiger partial charge in [-0.3, -0.25) is 4.90 Å². The van der Waals surface area contributed by atoms with E-state index >= 15 is 0 Å². The molecule has 0 aliphatic heterocycles. The lowest BCUT2D eigenvalue weighted by Crippen LogP contribution is -2.39. The van der Waals surface area contributed by atoms with E-state index in [2.05, 4.69) is 71.2 Å². The van der Waals surface area contributed by atoms with Crippen LogP contribution in [-0.2, 0) is 0 Å². The van der Waals surface area contributed by atoms with Crippen molar-refractivity contribution in [3.05, 3.63) is 41.5 Å². The molecule has 0 aromatic heterocycles. The van der Waals surface area contributed by atoms with E-state index in [0.717, 1.165) is 0 Å². The summed E-state index contributed by atoms with van der Waals surface area (Å²) in [6, 6.07) is 8.04. The van der Waals surface area contributed by atoms with Crippen molar-refractivity contribution in [1.82, 2.24) is 4.90 Å². The van der Waals surface area contributed by atoms with Crippen LogP contribution in [0.1, 0.15) is 57.4 Å². The highest BCUT2D eigenvalue weighted by Crippen LogP contribution is 2.29. The van der Waals surface area contributed by atoms with Gasteiger partial charge in [0.05, 0.1) is 0 Å². The van der Waals surface area contributed by atoms with E-state index < -0.39 is 0 Å². The molecule has 1 aromatic carbocycles. The third kappa shape index (κ3) is 3.02. The van der Waals surface area contributed by atoms with Crippen molar-refractivity contribution < 1.29 is 0 Å². The third-order valence-corrected chi connectivity index (χ3v) is 3.73. The van der Waals surface area contributed by atoms with E-state index in [1.54, 1.807) is 0 Å². The summed E-state index contributed by atoms with van der Waals surface area (Å²) >= 11 is 0. The van der Waals surface area contributed by atoms with Gasteiger partial charge in [0, 0.05) is 18.1 Å². The van der Waals surface area contributed by atoms with Crippen LogP contribution in [0.4, 0.5) is 0 Å². The second-order valence-electron chi connectivity index (χ2n) is 5.58. The van der Waals surface area contributed by atoms with E-state index in [1.807, 2.05) is 6.08 Å². The topological polar surface area (TPSA) is 3.24 Å². The fourth-order valence-corrected chi connectivity index (χ4v) is 3.00. The Balaban J connectivity index is 3.16. The Bertz CT molecular complexity index is 396. The maximum atomic E-state index is 3.89. The van der Waals surface area contributed by atoms with Crippen LogP contribution in [0.15, 0.2) is 24.8 Å². The minimum absolute atomic E-state index is 0.435. The summed E-state index contributed by atoms with van der Waals surface area (Å²) in [5.41, 5.74) is 4.01. The number of hydrogen-bond donors (Lipinski definition) is 0. The zero-order valence-electron chi connectivity index (χ0n) is 12.7. The quantitative estimate of drug-likeness (QED) is 0.719. The van der Waals surface area contributed by atoms with Crippen molar-refractivity contribution in [3.63, 3.8) is 0 Å². The molecule has 0 radical (unpaired) electrons. The van der Waals surface area contributed by atoms with E-state index in [1.165, 1.54) is 16.7 Å². The van der Waals surface area contributed by atoms with E-state index in [4.69, 9.17) is 0 Å². The summed E-state index contributed by atoms with van der Waals surface area (Å²) in [7, 11) is 0. The molecule has 1 rings (SSSR count). The molecule has 0 aliphatic rings. The van der Waals surface area contributed by atoms with Gasteiger partial charge in [0.1, 0.15) is 0 Å². The van der Waals surface area contributed by atoms with Crippen LogP contribution in [0.25, 0.3) is 6.08 Å². The predicted molar refractivity (Wildman–Crippen MR) is 81.8 cm³/mol. The molecule has 18 heavy (non-hydrogen) atoms. The molecule has 1 unspecified atom stereocenters. The molecule has 1 atom stereocenters. The van der Waals surface area contributed by atoms with Crippen LogP contribution in [0.2, 0.25) is 0 Å². The SMILES string of the molecule is C=Cc1cccc(C(C)N(C(C)C)C(C)C)c1C. The maximum Gasteiger partial charge on any atom is 0.0328 e. The average molecular weight is 245 g/mol. The molecule has 0 saturated carbocycles. The first-order valence-electron chi connectivity index (χ1n) is 6.89. The highest BCUT2D eigenvalue weighted by atomic mass is 15.2. The second-order valence-corrected chi connectivity index (χ2v) is 5.58. The fourth-order valence-electron chi connectivity index (χ4n) is 3.00. The van der Waals surface area contributed by atoms with Gasteiger partial charge in [-0.15, -0.1) is 0 Å². The maximum absolute atomic E-state index is 3.89. The van der Waals surface area contributed by atoms with Crippen molar-refractivity contribution in [1.29, 1.82) is 0 Å². The Kier molecular flexibility index (Phi) is 5.15. The van der Waals surface area contributed by atoms with Crippen LogP contribution in [0.3, 0.4) is 0 Å². The Morgan fingerprint density at radius 1 is 1.06 bits per heavy atom. The summed E-state index contributed by atoms with van der Waals surface area (Å²) < 4.78 is 0. The molecule has 0 fully saturated rings. The molecule has 100 valence electrons. The van der Waals surface area contributed by atoms with Crippen molar-refractivity contribution in [2.24, 2.45) is 0 Å². The van der Waals surface area contributed by atoms with E-state index in [-0.39, 0.29) is 0 Å². The normalized spacial score (nSPS) is 13.4. The smallest absolute Gasteiger partial charge is 0.0328 e. The van der Waals surface area contributed by atoms with Gasteiger partial charge in [-0.1, -0.05) is 30.9 Å². The molecule has 0 N–H and O–H groups in total. The number of rotatable bonds is 5. The van der Waals surface area contributed by atoms with Crippen LogP contribution in [0.5, 0.6) is 0 Å². The minimum atomic E-state index is 0.435. The molecule has 1 heteroatoms. The molecule has 1 aromatic rings. The van der Waals surface area contributed by atoms with Crippen LogP contribution in [-0.4, -0.2) is 17.0 Å². The standard InChI is InChI=1S/C17H27N/c1-8-16-10-9-11-17(14(16)6)15(7)18(12(2)3)13(4)5/h8-13,15H,1H2,2-7H3. The fraction of sp³-hybridized carbons (Fsp3) is 0.529. The van der Waals surface area contributed by atoms with Crippen LogP contribution in [0, 0.1) is 6.92 Å². The van der Waals surface area contributed by atoms with Gasteiger partial charge in [-0.05, 0) is 58.2 Å². The molecule has 0 heterocycles. The van der Waals surface area contributed by atoms with E-state index in [9.17, 15) is 0 Å². The lowest BCUT2D eigenvalue weighted by Gasteiger charge is -2.37. The summed E-state index contributed by atoms with van der Waals surface area (Å²) in [6.45, 7) is 17.5. The molecular formula is C17H27N. The Hall–Kier alpha value is -1.08. The van der Waals surface area contributed by atoms with Crippen molar-refractivity contribution in [2.45, 2.75) is 59.7 Å². The van der Waals surface area contributed by atoms with Gasteiger partial charge >= 0.3 is 0 Å². The summed E-state index contributed by atoms with van der Waals surface area (Å²) in [4.78, 5) is 2.55. The Morgan fingerprint density at radius 2 is 1.61 bits per heavy atom. The lowest BCUT2D eigenvalue weighted by atomic mass is 9.95. The molecule has 0 saturated heterocycles. The summed E-state index contributed by atoms with van der Waals surface area (Å²) in [6.07, 6.45) is 1.95. The first-order chi connectivity index (χ1) is 8.40. The number of benzene rings is 1. The summed E-state index contributed by atoms with van der Waals surface area (Å²) in [5.74, 6) is 0. The first kappa shape index (κ1) is 15.0. The largest absolute Gasteiger partial charge is 0.292 e. The zero-order chi connectivity index (χ0) is 13.9. The monoisotopic (exact) mass is 245 g/mol. The second kappa shape index (κ2) is 6.19. The van der Waals surface area contributed by atoms with Gasteiger partial charge in [0.2, 0.25) is 0 Å². The minimum Gasteiger partial charge on any atom is -0.292 e. The lowest BCUT2D eigenvalue weighted by molar-refractivity contribution is 0.122. The molecule has 1 nitrogen and oxygen atoms in total. The van der Waals surface area contributed by atoms with Gasteiger partial charge < -0.3 is 0 Å².